The van der Waals surface area contributed by atoms with Crippen LogP contribution in [0.1, 0.15) is 42.4 Å². The first-order valence-electron chi connectivity index (χ1n) is 9.31. The molecule has 2 aromatic carbocycles. The van der Waals surface area contributed by atoms with Gasteiger partial charge >= 0.3 is 0 Å². The number of hydrogen-bond donors (Lipinski definition) is 1. The average Bonchev–Trinajstić information content (AvgIpc) is 3.12. The highest BCUT2D eigenvalue weighted by atomic mass is 19.1. The van der Waals surface area contributed by atoms with Gasteiger partial charge in [0.25, 0.3) is 5.91 Å². The van der Waals surface area contributed by atoms with Crippen LogP contribution in [-0.4, -0.2) is 22.8 Å². The molecule has 0 aliphatic rings. The van der Waals surface area contributed by atoms with Gasteiger partial charge in [0.1, 0.15) is 17.3 Å². The Kier molecular flexibility index (Phi) is 6.09. The van der Waals surface area contributed by atoms with Gasteiger partial charge in [-0.25, -0.2) is 4.39 Å². The Morgan fingerprint density at radius 3 is 2.61 bits per heavy atom. The van der Waals surface area contributed by atoms with Crippen LogP contribution in [0.4, 0.5) is 4.39 Å². The summed E-state index contributed by atoms with van der Waals surface area (Å²) in [6.07, 6.45) is 0.806. The number of aryl methyl sites for hydroxylation is 1. The number of rotatable bonds is 7. The number of nitrogens with one attached hydrogen (secondary N) is 1. The third-order valence-corrected chi connectivity index (χ3v) is 4.55. The fourth-order valence-corrected chi connectivity index (χ4v) is 3.04. The Balaban J connectivity index is 1.89. The standard InChI is InChI=1S/C22H24FN3O2/c1-4-12-26-21(22(27)24-15(2)16-8-6-5-7-9-16)14-20(25-26)18-11-10-17(28-3)13-19(18)23/h5-11,13-15H,4,12H2,1-3H3,(H,24,27). The summed E-state index contributed by atoms with van der Waals surface area (Å²) < 4.78 is 21.1. The number of halogens is 1. The lowest BCUT2D eigenvalue weighted by molar-refractivity contribution is 0.0928. The van der Waals surface area contributed by atoms with Crippen molar-refractivity contribution in [2.75, 3.05) is 7.11 Å². The summed E-state index contributed by atoms with van der Waals surface area (Å²) in [5.74, 6) is -0.244. The molecule has 28 heavy (non-hydrogen) atoms. The molecule has 1 N–H and O–H groups in total. The molecule has 0 radical (unpaired) electrons. The number of methoxy groups -OCH3 is 1. The van der Waals surface area contributed by atoms with E-state index in [2.05, 4.69) is 10.4 Å². The molecule has 146 valence electrons. The minimum absolute atomic E-state index is 0.153. The number of benzene rings is 2. The molecule has 0 saturated carbocycles. The predicted molar refractivity (Wildman–Crippen MR) is 107 cm³/mol. The van der Waals surface area contributed by atoms with E-state index in [1.165, 1.54) is 13.2 Å². The quantitative estimate of drug-likeness (QED) is 0.651. The molecular weight excluding hydrogens is 357 g/mol. The van der Waals surface area contributed by atoms with Crippen LogP contribution in [0, 0.1) is 5.82 Å². The van der Waals surface area contributed by atoms with E-state index in [9.17, 15) is 9.18 Å². The van der Waals surface area contributed by atoms with Gasteiger partial charge in [-0.1, -0.05) is 37.3 Å². The highest BCUT2D eigenvalue weighted by molar-refractivity contribution is 5.94. The number of carbonyl (C=O) groups is 1. The summed E-state index contributed by atoms with van der Waals surface area (Å²) in [6, 6.07) is 15.8. The second kappa shape index (κ2) is 8.69. The van der Waals surface area contributed by atoms with E-state index in [4.69, 9.17) is 4.74 Å². The summed E-state index contributed by atoms with van der Waals surface area (Å²) in [4.78, 5) is 12.9. The van der Waals surface area contributed by atoms with E-state index < -0.39 is 5.82 Å². The molecule has 0 saturated heterocycles. The van der Waals surface area contributed by atoms with Crippen molar-refractivity contribution in [2.24, 2.45) is 0 Å². The average molecular weight is 381 g/mol. The molecule has 0 bridgehead atoms. The van der Waals surface area contributed by atoms with Crippen LogP contribution in [0.5, 0.6) is 5.75 Å². The second-order valence-electron chi connectivity index (χ2n) is 6.59. The fraction of sp³-hybridized carbons (Fsp3) is 0.273. The van der Waals surface area contributed by atoms with Crippen molar-refractivity contribution >= 4 is 5.91 Å². The number of ether oxygens (including phenoxy) is 1. The van der Waals surface area contributed by atoms with Gasteiger partial charge in [0.05, 0.1) is 18.8 Å². The van der Waals surface area contributed by atoms with Crippen molar-refractivity contribution in [3.05, 3.63) is 71.7 Å². The molecule has 0 fully saturated rings. The van der Waals surface area contributed by atoms with E-state index in [1.54, 1.807) is 22.9 Å². The molecule has 3 rings (SSSR count). The van der Waals surface area contributed by atoms with Gasteiger partial charge in [0, 0.05) is 18.2 Å². The lowest BCUT2D eigenvalue weighted by Gasteiger charge is -2.14. The molecule has 0 spiro atoms. The number of amides is 1. The molecular formula is C22H24FN3O2. The van der Waals surface area contributed by atoms with Gasteiger partial charge in [0.2, 0.25) is 0 Å². The minimum atomic E-state index is -0.440. The zero-order valence-electron chi connectivity index (χ0n) is 16.3. The number of hydrogen-bond acceptors (Lipinski definition) is 3. The van der Waals surface area contributed by atoms with Crippen LogP contribution < -0.4 is 10.1 Å². The van der Waals surface area contributed by atoms with Gasteiger partial charge in [-0.15, -0.1) is 0 Å². The zero-order chi connectivity index (χ0) is 20.1. The molecule has 5 nitrogen and oxygen atoms in total. The highest BCUT2D eigenvalue weighted by Gasteiger charge is 2.20. The monoisotopic (exact) mass is 381 g/mol. The molecule has 1 aromatic heterocycles. The smallest absolute Gasteiger partial charge is 0.270 e. The molecule has 0 aliphatic heterocycles. The van der Waals surface area contributed by atoms with Crippen molar-refractivity contribution in [3.63, 3.8) is 0 Å². The first-order chi connectivity index (χ1) is 13.5. The van der Waals surface area contributed by atoms with Gasteiger partial charge in [-0.05, 0) is 37.1 Å². The number of nitrogens with zero attached hydrogens (tertiary/aromatic N) is 2. The maximum Gasteiger partial charge on any atom is 0.270 e. The summed E-state index contributed by atoms with van der Waals surface area (Å²) in [5.41, 5.74) is 2.18. The molecule has 1 unspecified atom stereocenters. The Morgan fingerprint density at radius 1 is 1.21 bits per heavy atom. The van der Waals surface area contributed by atoms with Crippen LogP contribution in [0.2, 0.25) is 0 Å². The molecule has 1 atom stereocenters. The van der Waals surface area contributed by atoms with Crippen LogP contribution in [0.25, 0.3) is 11.3 Å². The highest BCUT2D eigenvalue weighted by Crippen LogP contribution is 2.26. The molecule has 0 aliphatic carbocycles. The van der Waals surface area contributed by atoms with Crippen LogP contribution in [-0.2, 0) is 6.54 Å². The van der Waals surface area contributed by atoms with Crippen LogP contribution >= 0.6 is 0 Å². The van der Waals surface area contributed by atoms with E-state index in [0.29, 0.717) is 29.2 Å². The Bertz CT molecular complexity index is 954. The van der Waals surface area contributed by atoms with Crippen molar-refractivity contribution in [3.8, 4) is 17.0 Å². The largest absolute Gasteiger partial charge is 0.497 e. The van der Waals surface area contributed by atoms with E-state index >= 15 is 0 Å². The maximum atomic E-state index is 14.5. The first-order valence-corrected chi connectivity index (χ1v) is 9.31. The van der Waals surface area contributed by atoms with Crippen LogP contribution in [0.15, 0.2) is 54.6 Å². The molecule has 1 heterocycles. The number of carbonyl (C=O) groups excluding carboxylic acids is 1. The van der Waals surface area contributed by atoms with Crippen molar-refractivity contribution in [2.45, 2.75) is 32.9 Å². The van der Waals surface area contributed by atoms with Gasteiger partial charge in [-0.2, -0.15) is 5.10 Å². The maximum absolute atomic E-state index is 14.5. The van der Waals surface area contributed by atoms with Crippen molar-refractivity contribution < 1.29 is 13.9 Å². The van der Waals surface area contributed by atoms with Crippen LogP contribution in [0.3, 0.4) is 0 Å². The van der Waals surface area contributed by atoms with E-state index in [0.717, 1.165) is 12.0 Å². The normalized spacial score (nSPS) is 11.9. The second-order valence-corrected chi connectivity index (χ2v) is 6.59. The van der Waals surface area contributed by atoms with E-state index in [-0.39, 0.29) is 11.9 Å². The van der Waals surface area contributed by atoms with Crippen molar-refractivity contribution in [1.29, 1.82) is 0 Å². The SMILES string of the molecule is CCCn1nc(-c2ccc(OC)cc2F)cc1C(=O)NC(C)c1ccccc1. The Labute approximate surface area is 164 Å². The summed E-state index contributed by atoms with van der Waals surface area (Å²) in [6.45, 7) is 4.50. The van der Waals surface area contributed by atoms with Crippen molar-refractivity contribution in [1.82, 2.24) is 15.1 Å². The fourth-order valence-electron chi connectivity index (χ4n) is 3.04. The minimum Gasteiger partial charge on any atom is -0.497 e. The summed E-state index contributed by atoms with van der Waals surface area (Å²) in [7, 11) is 1.49. The summed E-state index contributed by atoms with van der Waals surface area (Å²) >= 11 is 0. The third-order valence-electron chi connectivity index (χ3n) is 4.55. The van der Waals surface area contributed by atoms with E-state index in [1.807, 2.05) is 44.2 Å². The summed E-state index contributed by atoms with van der Waals surface area (Å²) in [5, 5.41) is 7.46. The third kappa shape index (κ3) is 4.22. The van der Waals surface area contributed by atoms with Gasteiger partial charge in [-0.3, -0.25) is 9.48 Å². The predicted octanol–water partition coefficient (Wildman–Crippen LogP) is 4.60. The zero-order valence-corrected chi connectivity index (χ0v) is 16.3. The van der Waals surface area contributed by atoms with Gasteiger partial charge in [0.15, 0.2) is 0 Å². The lowest BCUT2D eigenvalue weighted by atomic mass is 10.1. The van der Waals surface area contributed by atoms with Gasteiger partial charge < -0.3 is 10.1 Å². The Morgan fingerprint density at radius 2 is 1.96 bits per heavy atom. The topological polar surface area (TPSA) is 56.2 Å². The lowest BCUT2D eigenvalue weighted by Crippen LogP contribution is -2.28. The Hall–Kier alpha value is -3.15. The number of aromatic nitrogens is 2. The first kappa shape index (κ1) is 19.6. The molecule has 3 aromatic rings. The molecule has 1 amide bonds. The molecule has 6 heteroatoms.